The minimum Gasteiger partial charge on any atom is -0.462 e. The van der Waals surface area contributed by atoms with E-state index in [0.717, 1.165) is 31.2 Å². The lowest BCUT2D eigenvalue weighted by atomic mass is 9.96. The molecular formula is C23H28N2O4S2. The molecule has 1 heterocycles. The zero-order chi connectivity index (χ0) is 22.2. The molecule has 0 unspecified atom stereocenters. The molecule has 2 N–H and O–H groups in total. The van der Waals surface area contributed by atoms with Gasteiger partial charge in [-0.25, -0.2) is 9.59 Å². The number of nitrogens with one attached hydrogen (secondary N) is 2. The van der Waals surface area contributed by atoms with Crippen LogP contribution < -0.4 is 10.6 Å². The van der Waals surface area contributed by atoms with E-state index >= 15 is 0 Å². The summed E-state index contributed by atoms with van der Waals surface area (Å²) in [5, 5.41) is 7.35. The maximum atomic E-state index is 12.7. The van der Waals surface area contributed by atoms with Crippen molar-refractivity contribution >= 4 is 51.3 Å². The Labute approximate surface area is 192 Å². The first-order chi connectivity index (χ1) is 15.0. The zero-order valence-electron chi connectivity index (χ0n) is 17.9. The third kappa shape index (κ3) is 6.04. The van der Waals surface area contributed by atoms with Gasteiger partial charge in [-0.3, -0.25) is 0 Å². The van der Waals surface area contributed by atoms with Gasteiger partial charge in [0.15, 0.2) is 5.11 Å². The zero-order valence-corrected chi connectivity index (χ0v) is 19.5. The van der Waals surface area contributed by atoms with Gasteiger partial charge in [0.2, 0.25) is 0 Å². The Kier molecular flexibility index (Phi) is 8.43. The minimum absolute atomic E-state index is 0.310. The van der Waals surface area contributed by atoms with Crippen LogP contribution in [0.15, 0.2) is 24.3 Å². The Morgan fingerprint density at radius 2 is 1.71 bits per heavy atom. The molecular weight excluding hydrogens is 432 g/mol. The molecule has 0 radical (unpaired) electrons. The van der Waals surface area contributed by atoms with Gasteiger partial charge in [-0.2, -0.15) is 0 Å². The van der Waals surface area contributed by atoms with Gasteiger partial charge in [0.1, 0.15) is 5.00 Å². The number of thiophene rings is 1. The molecule has 8 heteroatoms. The highest BCUT2D eigenvalue weighted by atomic mass is 32.1. The number of hydrogen-bond acceptors (Lipinski definition) is 6. The second-order valence-corrected chi connectivity index (χ2v) is 8.74. The predicted octanol–water partition coefficient (Wildman–Crippen LogP) is 5.57. The molecule has 166 valence electrons. The van der Waals surface area contributed by atoms with Crippen molar-refractivity contribution in [3.63, 3.8) is 0 Å². The molecule has 0 spiro atoms. The lowest BCUT2D eigenvalue weighted by molar-refractivity contribution is 0.0517. The largest absolute Gasteiger partial charge is 0.462 e. The second-order valence-electron chi connectivity index (χ2n) is 7.22. The van der Waals surface area contributed by atoms with E-state index in [-0.39, 0.29) is 11.9 Å². The number of benzene rings is 1. The summed E-state index contributed by atoms with van der Waals surface area (Å²) in [6, 6.07) is 6.96. The standard InChI is InChI=1S/C23H28N2O4S2/c1-3-28-21(26)15-10-9-11-16(14-15)24-23(30)25-20-19(22(27)29-4-2)17-12-7-5-6-8-13-18(17)31-20/h9-11,14H,3-8,12-13H2,1-2H3,(H2,24,25,30). The van der Waals surface area contributed by atoms with E-state index in [1.807, 2.05) is 13.0 Å². The summed E-state index contributed by atoms with van der Waals surface area (Å²) >= 11 is 7.08. The Bertz CT molecular complexity index is 955. The van der Waals surface area contributed by atoms with Crippen molar-refractivity contribution in [1.82, 2.24) is 0 Å². The van der Waals surface area contributed by atoms with E-state index < -0.39 is 0 Å². The van der Waals surface area contributed by atoms with Crippen LogP contribution in [0.4, 0.5) is 10.7 Å². The number of carbonyl (C=O) groups is 2. The molecule has 3 rings (SSSR count). The first-order valence-corrected chi connectivity index (χ1v) is 11.9. The van der Waals surface area contributed by atoms with E-state index in [1.165, 1.54) is 17.7 Å². The number of ether oxygens (including phenoxy) is 2. The SMILES string of the molecule is CCOC(=O)c1cccc(NC(=S)Nc2sc3c(c2C(=O)OCC)CCCCCC3)c1. The Morgan fingerprint density at radius 3 is 2.45 bits per heavy atom. The predicted molar refractivity (Wildman–Crippen MR) is 128 cm³/mol. The molecule has 2 aromatic rings. The van der Waals surface area contributed by atoms with Gasteiger partial charge in [0.25, 0.3) is 0 Å². The average Bonchev–Trinajstić information content (AvgIpc) is 3.04. The summed E-state index contributed by atoms with van der Waals surface area (Å²) in [6.07, 6.45) is 6.43. The summed E-state index contributed by atoms with van der Waals surface area (Å²) in [6.45, 7) is 4.22. The first kappa shape index (κ1) is 23.2. The molecule has 0 amide bonds. The number of anilines is 2. The molecule has 1 aromatic carbocycles. The first-order valence-electron chi connectivity index (χ1n) is 10.7. The van der Waals surface area contributed by atoms with Gasteiger partial charge in [-0.05, 0) is 75.5 Å². The van der Waals surface area contributed by atoms with Crippen molar-refractivity contribution in [3.8, 4) is 0 Å². The fourth-order valence-corrected chi connectivity index (χ4v) is 5.20. The molecule has 1 aromatic heterocycles. The molecule has 0 atom stereocenters. The summed E-state index contributed by atoms with van der Waals surface area (Å²) in [5.74, 6) is -0.692. The number of carbonyl (C=O) groups excluding carboxylic acids is 2. The lowest BCUT2D eigenvalue weighted by Crippen LogP contribution is -2.20. The van der Waals surface area contributed by atoms with Crippen molar-refractivity contribution in [1.29, 1.82) is 0 Å². The number of thiocarbonyl (C=S) groups is 1. The molecule has 0 saturated heterocycles. The van der Waals surface area contributed by atoms with Crippen LogP contribution in [-0.4, -0.2) is 30.3 Å². The second kappa shape index (κ2) is 11.2. The van der Waals surface area contributed by atoms with Crippen LogP contribution in [0, 0.1) is 0 Å². The van der Waals surface area contributed by atoms with Crippen LogP contribution in [0.2, 0.25) is 0 Å². The molecule has 0 fully saturated rings. The summed E-state index contributed by atoms with van der Waals surface area (Å²) in [7, 11) is 0. The summed E-state index contributed by atoms with van der Waals surface area (Å²) in [4.78, 5) is 26.0. The summed E-state index contributed by atoms with van der Waals surface area (Å²) in [5.41, 5.74) is 2.81. The van der Waals surface area contributed by atoms with Crippen LogP contribution in [-0.2, 0) is 22.3 Å². The number of rotatable bonds is 6. The molecule has 31 heavy (non-hydrogen) atoms. The molecule has 1 aliphatic carbocycles. The number of fused-ring (bicyclic) bond motifs is 1. The number of hydrogen-bond donors (Lipinski definition) is 2. The third-order valence-electron chi connectivity index (χ3n) is 5.01. The highest BCUT2D eigenvalue weighted by molar-refractivity contribution is 7.80. The van der Waals surface area contributed by atoms with Gasteiger partial charge in [-0.15, -0.1) is 11.3 Å². The van der Waals surface area contributed by atoms with Gasteiger partial charge in [0.05, 0.1) is 24.3 Å². The Balaban J connectivity index is 1.80. The van der Waals surface area contributed by atoms with Gasteiger partial charge in [0, 0.05) is 10.6 Å². The van der Waals surface area contributed by atoms with E-state index in [4.69, 9.17) is 21.7 Å². The van der Waals surface area contributed by atoms with Gasteiger partial charge in [-0.1, -0.05) is 18.9 Å². The molecule has 0 bridgehead atoms. The maximum Gasteiger partial charge on any atom is 0.341 e. The Morgan fingerprint density at radius 1 is 1.00 bits per heavy atom. The molecule has 1 aliphatic rings. The topological polar surface area (TPSA) is 76.7 Å². The summed E-state index contributed by atoms with van der Waals surface area (Å²) < 4.78 is 10.4. The molecule has 6 nitrogen and oxygen atoms in total. The van der Waals surface area contributed by atoms with Crippen molar-refractivity contribution in [2.45, 2.75) is 52.4 Å². The van der Waals surface area contributed by atoms with Crippen molar-refractivity contribution in [2.75, 3.05) is 23.8 Å². The van der Waals surface area contributed by atoms with Crippen molar-refractivity contribution < 1.29 is 19.1 Å². The Hall–Kier alpha value is -2.45. The van der Waals surface area contributed by atoms with Crippen molar-refractivity contribution in [2.24, 2.45) is 0 Å². The number of aryl methyl sites for hydroxylation is 1. The van der Waals surface area contributed by atoms with E-state index in [1.54, 1.807) is 36.5 Å². The highest BCUT2D eigenvalue weighted by Crippen LogP contribution is 2.37. The maximum absolute atomic E-state index is 12.7. The van der Waals surface area contributed by atoms with Crippen LogP contribution >= 0.6 is 23.6 Å². The average molecular weight is 461 g/mol. The van der Waals surface area contributed by atoms with Gasteiger partial charge < -0.3 is 20.1 Å². The van der Waals surface area contributed by atoms with Crippen LogP contribution in [0.1, 0.15) is 70.7 Å². The van der Waals surface area contributed by atoms with Gasteiger partial charge >= 0.3 is 11.9 Å². The quantitative estimate of drug-likeness (QED) is 0.431. The fraction of sp³-hybridized carbons (Fsp3) is 0.435. The van der Waals surface area contributed by atoms with E-state index in [9.17, 15) is 9.59 Å². The fourth-order valence-electron chi connectivity index (χ4n) is 3.63. The van der Waals surface area contributed by atoms with E-state index in [2.05, 4.69) is 10.6 Å². The third-order valence-corrected chi connectivity index (χ3v) is 6.42. The van der Waals surface area contributed by atoms with Crippen LogP contribution in [0.3, 0.4) is 0 Å². The highest BCUT2D eigenvalue weighted by Gasteiger charge is 2.25. The van der Waals surface area contributed by atoms with Crippen LogP contribution in [0.25, 0.3) is 0 Å². The molecule has 0 aliphatic heterocycles. The normalized spacial score (nSPS) is 13.4. The number of esters is 2. The van der Waals surface area contributed by atoms with Crippen LogP contribution in [0.5, 0.6) is 0 Å². The van der Waals surface area contributed by atoms with Crippen molar-refractivity contribution in [3.05, 3.63) is 45.8 Å². The minimum atomic E-state index is -0.382. The van der Waals surface area contributed by atoms with E-state index in [0.29, 0.717) is 40.1 Å². The monoisotopic (exact) mass is 460 g/mol. The smallest absolute Gasteiger partial charge is 0.341 e. The lowest BCUT2D eigenvalue weighted by Gasteiger charge is -2.13. The molecule has 0 saturated carbocycles.